The van der Waals surface area contributed by atoms with E-state index in [0.717, 1.165) is 48.9 Å². The summed E-state index contributed by atoms with van der Waals surface area (Å²) in [6.07, 6.45) is 5.09. The Morgan fingerprint density at radius 3 is 3.04 bits per heavy atom. The predicted octanol–water partition coefficient (Wildman–Crippen LogP) is 3.42. The van der Waals surface area contributed by atoms with Crippen molar-refractivity contribution in [3.8, 4) is 0 Å². The van der Waals surface area contributed by atoms with Crippen LogP contribution in [-0.2, 0) is 33.7 Å². The van der Waals surface area contributed by atoms with Crippen LogP contribution >= 0.6 is 23.1 Å². The van der Waals surface area contributed by atoms with Crippen LogP contribution in [0.15, 0.2) is 9.95 Å². The lowest BCUT2D eigenvalue weighted by Crippen LogP contribution is -2.29. The molecule has 1 aliphatic carbocycles. The third kappa shape index (κ3) is 4.00. The lowest BCUT2D eigenvalue weighted by molar-refractivity contribution is -0.139. The van der Waals surface area contributed by atoms with Crippen LogP contribution in [-0.4, -0.2) is 40.6 Å². The Kier molecular flexibility index (Phi) is 6.08. The van der Waals surface area contributed by atoms with Gasteiger partial charge < -0.3 is 9.47 Å². The maximum atomic E-state index is 13.5. The fraction of sp³-hybridized carbons (Fsp3) is 0.650. The largest absolute Gasteiger partial charge is 0.465 e. The number of hydrogen-bond acceptors (Lipinski definition) is 7. The standard InChI is InChI=1S/C20H26N2O4S2/c1-3-25-16(23)11-27-20-21-18-17(14-7-6-12(2)9-15(14)28-18)19(24)22(20)10-13-5-4-8-26-13/h12-13H,3-11H2,1-2H3/t12-,13-/m0/s1. The summed E-state index contributed by atoms with van der Waals surface area (Å²) in [6.45, 7) is 5.64. The predicted molar refractivity (Wildman–Crippen MR) is 111 cm³/mol. The highest BCUT2D eigenvalue weighted by Gasteiger charge is 2.26. The van der Waals surface area contributed by atoms with Gasteiger partial charge in [-0.15, -0.1) is 11.3 Å². The average molecular weight is 423 g/mol. The minimum Gasteiger partial charge on any atom is -0.465 e. The molecule has 6 nitrogen and oxygen atoms in total. The maximum Gasteiger partial charge on any atom is 0.316 e. The van der Waals surface area contributed by atoms with Crippen molar-refractivity contribution in [3.05, 3.63) is 20.8 Å². The summed E-state index contributed by atoms with van der Waals surface area (Å²) >= 11 is 2.92. The highest BCUT2D eigenvalue weighted by Crippen LogP contribution is 2.36. The molecule has 1 fully saturated rings. The van der Waals surface area contributed by atoms with E-state index in [2.05, 4.69) is 6.92 Å². The van der Waals surface area contributed by atoms with Crippen molar-refractivity contribution < 1.29 is 14.3 Å². The summed E-state index contributed by atoms with van der Waals surface area (Å²) in [5.41, 5.74) is 1.21. The van der Waals surface area contributed by atoms with Gasteiger partial charge in [0.2, 0.25) is 0 Å². The average Bonchev–Trinajstić information content (AvgIpc) is 3.29. The van der Waals surface area contributed by atoms with E-state index in [1.165, 1.54) is 22.2 Å². The number of carbonyl (C=O) groups excluding carboxylic acids is 1. The molecule has 2 aliphatic rings. The summed E-state index contributed by atoms with van der Waals surface area (Å²) in [5.74, 6) is 0.511. The van der Waals surface area contributed by atoms with E-state index in [-0.39, 0.29) is 23.4 Å². The number of ether oxygens (including phenoxy) is 2. The van der Waals surface area contributed by atoms with E-state index >= 15 is 0 Å². The molecular formula is C20H26N2O4S2. The van der Waals surface area contributed by atoms with Gasteiger partial charge in [0.1, 0.15) is 4.83 Å². The SMILES string of the molecule is CCOC(=O)CSc1nc2sc3c(c2c(=O)n1C[C@@H]1CCCO1)CC[C@H](C)C3. The van der Waals surface area contributed by atoms with E-state index in [1.807, 2.05) is 0 Å². The van der Waals surface area contributed by atoms with Crippen LogP contribution in [0.5, 0.6) is 0 Å². The van der Waals surface area contributed by atoms with Crippen molar-refractivity contribution in [3.63, 3.8) is 0 Å². The van der Waals surface area contributed by atoms with Crippen molar-refractivity contribution in [1.29, 1.82) is 0 Å². The minimum atomic E-state index is -0.287. The van der Waals surface area contributed by atoms with Crippen LogP contribution in [0, 0.1) is 5.92 Å². The zero-order valence-electron chi connectivity index (χ0n) is 16.4. The van der Waals surface area contributed by atoms with Gasteiger partial charge in [0.05, 0.1) is 30.4 Å². The van der Waals surface area contributed by atoms with Crippen LogP contribution in [0.3, 0.4) is 0 Å². The normalized spacial score (nSPS) is 21.8. The number of aromatic nitrogens is 2. The molecule has 28 heavy (non-hydrogen) atoms. The Balaban J connectivity index is 1.74. The Hall–Kier alpha value is -1.38. The molecule has 1 saturated heterocycles. The topological polar surface area (TPSA) is 70.4 Å². The van der Waals surface area contributed by atoms with Gasteiger partial charge in [-0.05, 0) is 50.5 Å². The first-order valence-electron chi connectivity index (χ1n) is 10.0. The maximum absolute atomic E-state index is 13.5. The second-order valence-corrected chi connectivity index (χ2v) is 9.60. The van der Waals surface area contributed by atoms with Crippen molar-refractivity contribution in [2.45, 2.75) is 63.8 Å². The molecule has 1 aliphatic heterocycles. The molecule has 0 unspecified atom stereocenters. The van der Waals surface area contributed by atoms with E-state index in [4.69, 9.17) is 14.5 Å². The first kappa shape index (κ1) is 19.9. The Morgan fingerprint density at radius 2 is 2.29 bits per heavy atom. The number of thioether (sulfide) groups is 1. The molecule has 0 aromatic carbocycles. The molecule has 3 heterocycles. The molecule has 0 amide bonds. The van der Waals surface area contributed by atoms with Gasteiger partial charge in [-0.25, -0.2) is 4.98 Å². The van der Waals surface area contributed by atoms with Crippen LogP contribution < -0.4 is 5.56 Å². The molecular weight excluding hydrogens is 396 g/mol. The van der Waals surface area contributed by atoms with Crippen LogP contribution in [0.1, 0.15) is 43.6 Å². The molecule has 2 aromatic heterocycles. The number of rotatable bonds is 6. The summed E-state index contributed by atoms with van der Waals surface area (Å²) < 4.78 is 12.5. The first-order valence-corrected chi connectivity index (χ1v) is 11.8. The second kappa shape index (κ2) is 8.55. The number of nitrogens with zero attached hydrogens (tertiary/aromatic N) is 2. The molecule has 0 spiro atoms. The van der Waals surface area contributed by atoms with Crippen LogP contribution in [0.4, 0.5) is 0 Å². The zero-order chi connectivity index (χ0) is 19.7. The first-order chi connectivity index (χ1) is 13.6. The minimum absolute atomic E-state index is 0.0129. The molecule has 2 aromatic rings. The molecule has 0 radical (unpaired) electrons. The van der Waals surface area contributed by atoms with Crippen LogP contribution in [0.25, 0.3) is 10.2 Å². The molecule has 0 bridgehead atoms. The van der Waals surface area contributed by atoms with E-state index < -0.39 is 0 Å². The van der Waals surface area contributed by atoms with Crippen molar-refractivity contribution >= 4 is 39.3 Å². The number of thiophene rings is 1. The molecule has 2 atom stereocenters. The van der Waals surface area contributed by atoms with Gasteiger partial charge in [-0.1, -0.05) is 18.7 Å². The van der Waals surface area contributed by atoms with Crippen molar-refractivity contribution in [2.75, 3.05) is 19.0 Å². The van der Waals surface area contributed by atoms with Gasteiger partial charge in [0, 0.05) is 11.5 Å². The number of aryl methyl sites for hydroxylation is 1. The van der Waals surface area contributed by atoms with Gasteiger partial charge in [0.25, 0.3) is 5.56 Å². The van der Waals surface area contributed by atoms with Crippen molar-refractivity contribution in [2.24, 2.45) is 5.92 Å². The Labute approximate surface area is 172 Å². The summed E-state index contributed by atoms with van der Waals surface area (Å²) in [5, 5.41) is 1.37. The molecule has 0 N–H and O–H groups in total. The van der Waals surface area contributed by atoms with Crippen LogP contribution in [0.2, 0.25) is 0 Å². The number of fused-ring (bicyclic) bond motifs is 3. The lowest BCUT2D eigenvalue weighted by Gasteiger charge is -2.18. The van der Waals surface area contributed by atoms with Gasteiger partial charge >= 0.3 is 5.97 Å². The van der Waals surface area contributed by atoms with Crippen molar-refractivity contribution in [1.82, 2.24) is 9.55 Å². The fourth-order valence-corrected chi connectivity index (χ4v) is 6.22. The summed E-state index contributed by atoms with van der Waals surface area (Å²) in [6, 6.07) is 0. The quantitative estimate of drug-likeness (QED) is 0.404. The van der Waals surface area contributed by atoms with E-state index in [1.54, 1.807) is 22.8 Å². The molecule has 4 rings (SSSR count). The number of carbonyl (C=O) groups is 1. The molecule has 152 valence electrons. The third-order valence-corrected chi connectivity index (χ3v) is 7.51. The smallest absolute Gasteiger partial charge is 0.316 e. The summed E-state index contributed by atoms with van der Waals surface area (Å²) in [7, 11) is 0. The number of esters is 1. The summed E-state index contributed by atoms with van der Waals surface area (Å²) in [4.78, 5) is 32.2. The van der Waals surface area contributed by atoms with E-state index in [9.17, 15) is 9.59 Å². The van der Waals surface area contributed by atoms with Gasteiger partial charge in [-0.3, -0.25) is 14.2 Å². The lowest BCUT2D eigenvalue weighted by atomic mass is 9.89. The second-order valence-electron chi connectivity index (χ2n) is 7.57. The highest BCUT2D eigenvalue weighted by molar-refractivity contribution is 7.99. The van der Waals surface area contributed by atoms with E-state index in [0.29, 0.717) is 24.2 Å². The monoisotopic (exact) mass is 422 g/mol. The molecule has 8 heteroatoms. The Morgan fingerprint density at radius 1 is 1.43 bits per heavy atom. The molecule has 0 saturated carbocycles. The van der Waals surface area contributed by atoms with Gasteiger partial charge in [-0.2, -0.15) is 0 Å². The zero-order valence-corrected chi connectivity index (χ0v) is 18.0. The Bertz CT molecular complexity index is 930. The highest BCUT2D eigenvalue weighted by atomic mass is 32.2. The number of hydrogen-bond donors (Lipinski definition) is 0. The fourth-order valence-electron chi connectivity index (χ4n) is 3.99. The van der Waals surface area contributed by atoms with Gasteiger partial charge in [0.15, 0.2) is 5.16 Å². The third-order valence-electron chi connectivity index (χ3n) is 5.41.